The van der Waals surface area contributed by atoms with Crippen molar-refractivity contribution in [1.82, 2.24) is 4.90 Å². The topological polar surface area (TPSA) is 92.8 Å². The molecular formula is C35H33NO8. The van der Waals surface area contributed by atoms with Gasteiger partial charge in [-0.15, -0.1) is 0 Å². The van der Waals surface area contributed by atoms with Crippen LogP contribution in [0.15, 0.2) is 91.0 Å². The summed E-state index contributed by atoms with van der Waals surface area (Å²) < 4.78 is 33.5. The molecule has 9 heteroatoms. The first-order valence-electron chi connectivity index (χ1n) is 14.3. The summed E-state index contributed by atoms with van der Waals surface area (Å²) in [6.07, 6.45) is -0.702. The Morgan fingerprint density at radius 3 is 1.95 bits per heavy atom. The number of benzene rings is 4. The van der Waals surface area contributed by atoms with E-state index in [0.29, 0.717) is 28.7 Å². The van der Waals surface area contributed by atoms with Crippen LogP contribution in [0.3, 0.4) is 0 Å². The largest absolute Gasteiger partial charge is 0.493 e. The Hall–Kier alpha value is -5.18. The van der Waals surface area contributed by atoms with Crippen molar-refractivity contribution in [2.24, 2.45) is 0 Å². The molecule has 4 aromatic rings. The van der Waals surface area contributed by atoms with Crippen LogP contribution in [0, 0.1) is 0 Å². The summed E-state index contributed by atoms with van der Waals surface area (Å²) >= 11 is 0. The summed E-state index contributed by atoms with van der Waals surface area (Å²) in [6, 6.07) is 28.4. The lowest BCUT2D eigenvalue weighted by Crippen LogP contribution is -2.43. The van der Waals surface area contributed by atoms with E-state index in [4.69, 9.17) is 28.4 Å². The number of hydrogen-bond donors (Lipinski definition) is 0. The molecule has 1 unspecified atom stereocenters. The Morgan fingerprint density at radius 2 is 1.36 bits per heavy atom. The minimum atomic E-state index is -0.661. The molecule has 0 spiro atoms. The molecule has 44 heavy (non-hydrogen) atoms. The van der Waals surface area contributed by atoms with Gasteiger partial charge in [0.05, 0.1) is 27.4 Å². The Labute approximate surface area is 255 Å². The van der Waals surface area contributed by atoms with Gasteiger partial charge in [-0.1, -0.05) is 66.7 Å². The first-order chi connectivity index (χ1) is 21.5. The van der Waals surface area contributed by atoms with E-state index in [9.17, 15) is 9.59 Å². The van der Waals surface area contributed by atoms with Crippen LogP contribution in [0.5, 0.6) is 28.7 Å². The normalized spacial score (nSPS) is 16.0. The number of methoxy groups -OCH3 is 3. The summed E-state index contributed by atoms with van der Waals surface area (Å²) in [5, 5.41) is 0. The lowest BCUT2D eigenvalue weighted by molar-refractivity contribution is -0.129. The summed E-state index contributed by atoms with van der Waals surface area (Å²) in [6.45, 7) is 0.201. The second-order valence-electron chi connectivity index (χ2n) is 10.5. The van der Waals surface area contributed by atoms with Gasteiger partial charge in [0, 0.05) is 18.3 Å². The Kier molecular flexibility index (Phi) is 8.27. The van der Waals surface area contributed by atoms with Crippen LogP contribution in [0.25, 0.3) is 0 Å². The van der Waals surface area contributed by atoms with Gasteiger partial charge in [0.15, 0.2) is 23.0 Å². The Morgan fingerprint density at radius 1 is 0.750 bits per heavy atom. The number of cyclic esters (lactones) is 1. The molecule has 0 bridgehead atoms. The van der Waals surface area contributed by atoms with Crippen LogP contribution < -0.4 is 23.7 Å². The molecule has 0 radical (unpaired) electrons. The van der Waals surface area contributed by atoms with Crippen LogP contribution in [0.2, 0.25) is 0 Å². The number of hydrogen-bond acceptors (Lipinski definition) is 8. The summed E-state index contributed by atoms with van der Waals surface area (Å²) in [7, 11) is 4.62. The van der Waals surface area contributed by atoms with Gasteiger partial charge in [0.25, 0.3) is 0 Å². The zero-order chi connectivity index (χ0) is 30.6. The predicted octanol–water partition coefficient (Wildman–Crippen LogP) is 6.14. The number of carbonyl (C=O) groups excluding carboxylic acids is 2. The molecule has 2 aliphatic heterocycles. The maximum absolute atomic E-state index is 14.3. The van der Waals surface area contributed by atoms with Gasteiger partial charge < -0.3 is 28.4 Å². The van der Waals surface area contributed by atoms with Crippen molar-refractivity contribution in [2.75, 3.05) is 34.7 Å². The van der Waals surface area contributed by atoms with Crippen molar-refractivity contribution in [3.63, 3.8) is 0 Å². The van der Waals surface area contributed by atoms with E-state index < -0.39 is 18.1 Å². The second-order valence-corrected chi connectivity index (χ2v) is 10.5. The fourth-order valence-electron chi connectivity index (χ4n) is 6.06. The average Bonchev–Trinajstić information content (AvgIpc) is 3.70. The Bertz CT molecular complexity index is 1580. The standard InChI is InChI=1S/C35H33NO8/c1-39-30-17-25(18-31(40-2)34(30)41-3)26(24-14-15-28-29(16-24)44-21-43-28)19-32(37)36-27(20-42-35(36)38)33(22-10-6-4-7-11-22)23-12-8-5-9-13-23/h4-18,26-27,33H,19-21H2,1-3H3/t26?,27-/m0/s1. The number of imide groups is 1. The van der Waals surface area contributed by atoms with Crippen LogP contribution in [-0.2, 0) is 9.53 Å². The average molecular weight is 596 g/mol. The van der Waals surface area contributed by atoms with Crippen molar-refractivity contribution in [3.8, 4) is 28.7 Å². The van der Waals surface area contributed by atoms with E-state index in [1.165, 1.54) is 12.0 Å². The highest BCUT2D eigenvalue weighted by Crippen LogP contribution is 2.44. The van der Waals surface area contributed by atoms with Gasteiger partial charge in [0.1, 0.15) is 6.61 Å². The summed E-state index contributed by atoms with van der Waals surface area (Å²) in [4.78, 5) is 28.9. The van der Waals surface area contributed by atoms with Crippen LogP contribution in [0.1, 0.15) is 40.5 Å². The molecule has 0 saturated carbocycles. The van der Waals surface area contributed by atoms with Crippen molar-refractivity contribution in [2.45, 2.75) is 24.3 Å². The zero-order valence-electron chi connectivity index (χ0n) is 24.7. The molecular weight excluding hydrogens is 562 g/mol. The second kappa shape index (κ2) is 12.6. The molecule has 9 nitrogen and oxygen atoms in total. The molecule has 4 aromatic carbocycles. The molecule has 2 atom stereocenters. The fourth-order valence-corrected chi connectivity index (χ4v) is 6.06. The smallest absolute Gasteiger partial charge is 0.417 e. The lowest BCUT2D eigenvalue weighted by Gasteiger charge is -2.30. The van der Waals surface area contributed by atoms with Gasteiger partial charge >= 0.3 is 6.09 Å². The van der Waals surface area contributed by atoms with Crippen molar-refractivity contribution in [1.29, 1.82) is 0 Å². The molecule has 2 heterocycles. The third-order valence-corrected chi connectivity index (χ3v) is 8.14. The number of rotatable bonds is 10. The summed E-state index contributed by atoms with van der Waals surface area (Å²) in [5.74, 6) is 1.39. The third kappa shape index (κ3) is 5.48. The van der Waals surface area contributed by atoms with Crippen molar-refractivity contribution < 1.29 is 38.0 Å². The number of fused-ring (bicyclic) bond motifs is 1. The van der Waals surface area contributed by atoms with E-state index in [1.54, 1.807) is 14.2 Å². The highest BCUT2D eigenvalue weighted by atomic mass is 16.7. The molecule has 0 aliphatic carbocycles. The van der Waals surface area contributed by atoms with Crippen LogP contribution in [0.4, 0.5) is 4.79 Å². The number of carbonyl (C=O) groups is 2. The lowest BCUT2D eigenvalue weighted by atomic mass is 9.84. The molecule has 1 fully saturated rings. The number of amides is 2. The molecule has 2 amide bonds. The molecule has 1 saturated heterocycles. The number of ether oxygens (including phenoxy) is 6. The highest BCUT2D eigenvalue weighted by molar-refractivity contribution is 5.94. The first-order valence-corrected chi connectivity index (χ1v) is 14.3. The molecule has 2 aliphatic rings. The van der Waals surface area contributed by atoms with E-state index in [-0.39, 0.29) is 31.6 Å². The van der Waals surface area contributed by atoms with Gasteiger partial charge in [-0.2, -0.15) is 0 Å². The fraction of sp³-hybridized carbons (Fsp3) is 0.257. The molecule has 226 valence electrons. The van der Waals surface area contributed by atoms with E-state index in [0.717, 1.165) is 22.3 Å². The molecule has 0 aromatic heterocycles. The maximum atomic E-state index is 14.3. The monoisotopic (exact) mass is 595 g/mol. The third-order valence-electron chi connectivity index (χ3n) is 8.14. The van der Waals surface area contributed by atoms with Gasteiger partial charge in [-0.05, 0) is 46.5 Å². The van der Waals surface area contributed by atoms with Crippen LogP contribution in [-0.4, -0.2) is 57.7 Å². The SMILES string of the molecule is COc1cc(C(CC(=O)N2C(=O)OC[C@H]2C(c2ccccc2)c2ccccc2)c2ccc3c(c2)OCO3)cc(OC)c1OC. The summed E-state index contributed by atoms with van der Waals surface area (Å²) in [5.41, 5.74) is 3.50. The maximum Gasteiger partial charge on any atom is 0.417 e. The quantitative estimate of drug-likeness (QED) is 0.216. The van der Waals surface area contributed by atoms with E-state index in [2.05, 4.69) is 0 Å². The van der Waals surface area contributed by atoms with Gasteiger partial charge in [-0.25, -0.2) is 9.69 Å². The first kappa shape index (κ1) is 28.9. The van der Waals surface area contributed by atoms with E-state index in [1.807, 2.05) is 91.0 Å². The minimum absolute atomic E-state index is 0.0415. The van der Waals surface area contributed by atoms with E-state index >= 15 is 0 Å². The minimum Gasteiger partial charge on any atom is -0.493 e. The van der Waals surface area contributed by atoms with Crippen molar-refractivity contribution in [3.05, 3.63) is 113 Å². The van der Waals surface area contributed by atoms with Gasteiger partial charge in [0.2, 0.25) is 18.4 Å². The van der Waals surface area contributed by atoms with Gasteiger partial charge in [-0.3, -0.25) is 4.79 Å². The van der Waals surface area contributed by atoms with Crippen LogP contribution >= 0.6 is 0 Å². The van der Waals surface area contributed by atoms with Crippen molar-refractivity contribution >= 4 is 12.0 Å². The number of nitrogens with zero attached hydrogens (tertiary/aromatic N) is 1. The Balaban J connectivity index is 1.41. The molecule has 0 N–H and O–H groups in total. The predicted molar refractivity (Wildman–Crippen MR) is 162 cm³/mol. The zero-order valence-corrected chi connectivity index (χ0v) is 24.7. The highest BCUT2D eigenvalue weighted by Gasteiger charge is 2.44. The molecule has 6 rings (SSSR count).